The van der Waals surface area contributed by atoms with Gasteiger partial charge in [0.05, 0.1) is 27.5 Å². The van der Waals surface area contributed by atoms with Gasteiger partial charge >= 0.3 is 0 Å². The Labute approximate surface area is 105 Å². The van der Waals surface area contributed by atoms with E-state index in [9.17, 15) is 0 Å². The molecule has 0 amide bonds. The second-order valence-electron chi connectivity index (χ2n) is 3.52. The van der Waals surface area contributed by atoms with E-state index in [1.165, 1.54) is 6.20 Å². The second-order valence-corrected chi connectivity index (χ2v) is 3.52. The standard InChI is InChI=1S/C13H14N2O3/c1-16-10-6-4-9(5-7-10)12-13(18-3)11(17-2)8-14-15-12/h4-8H,1-3H3. The van der Waals surface area contributed by atoms with Crippen LogP contribution in [0, 0.1) is 0 Å². The average Bonchev–Trinajstić information content (AvgIpc) is 2.46. The first kappa shape index (κ1) is 12.2. The first-order valence-corrected chi connectivity index (χ1v) is 5.38. The molecular weight excluding hydrogens is 232 g/mol. The first-order valence-electron chi connectivity index (χ1n) is 5.38. The number of methoxy groups -OCH3 is 3. The minimum atomic E-state index is 0.554. The van der Waals surface area contributed by atoms with Crippen molar-refractivity contribution in [3.8, 4) is 28.5 Å². The van der Waals surface area contributed by atoms with E-state index < -0.39 is 0 Å². The van der Waals surface area contributed by atoms with Crippen LogP contribution in [0.15, 0.2) is 30.5 Å². The zero-order valence-corrected chi connectivity index (χ0v) is 10.5. The lowest BCUT2D eigenvalue weighted by molar-refractivity contribution is 0.352. The van der Waals surface area contributed by atoms with Gasteiger partial charge in [0.2, 0.25) is 0 Å². The van der Waals surface area contributed by atoms with Gasteiger partial charge in [-0.3, -0.25) is 0 Å². The largest absolute Gasteiger partial charge is 0.497 e. The first-order chi connectivity index (χ1) is 8.80. The summed E-state index contributed by atoms with van der Waals surface area (Å²) in [6.07, 6.45) is 1.52. The van der Waals surface area contributed by atoms with Crippen molar-refractivity contribution < 1.29 is 14.2 Å². The van der Waals surface area contributed by atoms with Crippen LogP contribution in [0.1, 0.15) is 0 Å². The molecule has 0 bridgehead atoms. The maximum Gasteiger partial charge on any atom is 0.190 e. The summed E-state index contributed by atoms with van der Waals surface area (Å²) < 4.78 is 15.6. The molecule has 0 saturated heterocycles. The highest BCUT2D eigenvalue weighted by molar-refractivity contribution is 5.69. The third-order valence-corrected chi connectivity index (χ3v) is 2.56. The van der Waals surface area contributed by atoms with Crippen molar-refractivity contribution in [1.82, 2.24) is 10.2 Å². The van der Waals surface area contributed by atoms with E-state index in [0.717, 1.165) is 11.3 Å². The second kappa shape index (κ2) is 5.35. The van der Waals surface area contributed by atoms with Crippen LogP contribution in [0.3, 0.4) is 0 Å². The van der Waals surface area contributed by atoms with Crippen LogP contribution >= 0.6 is 0 Å². The van der Waals surface area contributed by atoms with Crippen molar-refractivity contribution in [3.63, 3.8) is 0 Å². The lowest BCUT2D eigenvalue weighted by Crippen LogP contribution is -1.97. The van der Waals surface area contributed by atoms with Crippen LogP contribution in [-0.2, 0) is 0 Å². The molecule has 0 spiro atoms. The summed E-state index contributed by atoms with van der Waals surface area (Å²) in [5, 5.41) is 7.98. The summed E-state index contributed by atoms with van der Waals surface area (Å²) in [6, 6.07) is 7.50. The molecule has 0 unspecified atom stereocenters. The highest BCUT2D eigenvalue weighted by Gasteiger charge is 2.13. The van der Waals surface area contributed by atoms with E-state index in [4.69, 9.17) is 14.2 Å². The highest BCUT2D eigenvalue weighted by atomic mass is 16.5. The molecule has 0 fully saturated rings. The Morgan fingerprint density at radius 3 is 2.17 bits per heavy atom. The Morgan fingerprint density at radius 1 is 0.889 bits per heavy atom. The smallest absolute Gasteiger partial charge is 0.190 e. The van der Waals surface area contributed by atoms with Crippen molar-refractivity contribution in [2.24, 2.45) is 0 Å². The monoisotopic (exact) mass is 246 g/mol. The summed E-state index contributed by atoms with van der Waals surface area (Å²) >= 11 is 0. The van der Waals surface area contributed by atoms with Crippen LogP contribution in [0.5, 0.6) is 17.2 Å². The zero-order chi connectivity index (χ0) is 13.0. The van der Waals surface area contributed by atoms with E-state index >= 15 is 0 Å². The molecule has 1 aromatic heterocycles. The maximum absolute atomic E-state index is 5.32. The van der Waals surface area contributed by atoms with Crippen molar-refractivity contribution >= 4 is 0 Å². The van der Waals surface area contributed by atoms with Crippen molar-refractivity contribution in [1.29, 1.82) is 0 Å². The van der Waals surface area contributed by atoms with Gasteiger partial charge in [-0.15, -0.1) is 5.10 Å². The van der Waals surface area contributed by atoms with Crippen molar-refractivity contribution in [2.45, 2.75) is 0 Å². The number of hydrogen-bond donors (Lipinski definition) is 0. The average molecular weight is 246 g/mol. The molecular formula is C13H14N2O3. The number of nitrogens with zero attached hydrogens (tertiary/aromatic N) is 2. The minimum absolute atomic E-state index is 0.554. The molecule has 0 aliphatic rings. The van der Waals surface area contributed by atoms with Gasteiger partial charge in [-0.05, 0) is 24.3 Å². The highest BCUT2D eigenvalue weighted by Crippen LogP contribution is 2.35. The molecule has 1 aromatic carbocycles. The third kappa shape index (κ3) is 2.20. The van der Waals surface area contributed by atoms with E-state index in [-0.39, 0.29) is 0 Å². The van der Waals surface area contributed by atoms with E-state index in [0.29, 0.717) is 17.2 Å². The Hall–Kier alpha value is -2.30. The topological polar surface area (TPSA) is 53.5 Å². The van der Waals surface area contributed by atoms with Crippen LogP contribution in [0.2, 0.25) is 0 Å². The summed E-state index contributed by atoms with van der Waals surface area (Å²) in [6.45, 7) is 0. The summed E-state index contributed by atoms with van der Waals surface area (Å²) in [5.41, 5.74) is 1.53. The van der Waals surface area contributed by atoms with Gasteiger partial charge in [0.25, 0.3) is 0 Å². The van der Waals surface area contributed by atoms with Gasteiger partial charge in [-0.2, -0.15) is 5.10 Å². The Kier molecular flexibility index (Phi) is 3.62. The number of benzene rings is 1. The lowest BCUT2D eigenvalue weighted by atomic mass is 10.1. The lowest BCUT2D eigenvalue weighted by Gasteiger charge is -2.10. The van der Waals surface area contributed by atoms with E-state index in [1.54, 1.807) is 21.3 Å². The molecule has 0 atom stereocenters. The fraction of sp³-hybridized carbons (Fsp3) is 0.231. The summed E-state index contributed by atoms with van der Waals surface area (Å²) in [7, 11) is 4.77. The summed E-state index contributed by atoms with van der Waals surface area (Å²) in [5.74, 6) is 1.91. The van der Waals surface area contributed by atoms with Crippen LogP contribution in [0.25, 0.3) is 11.3 Å². The Bertz CT molecular complexity index is 526. The van der Waals surface area contributed by atoms with Gasteiger partial charge < -0.3 is 14.2 Å². The molecule has 0 saturated carbocycles. The van der Waals surface area contributed by atoms with Gasteiger partial charge in [-0.25, -0.2) is 0 Å². The Balaban J connectivity index is 2.48. The van der Waals surface area contributed by atoms with E-state index in [1.807, 2.05) is 24.3 Å². The fourth-order valence-corrected chi connectivity index (χ4v) is 1.64. The van der Waals surface area contributed by atoms with Gasteiger partial charge in [0.15, 0.2) is 11.5 Å². The molecule has 5 nitrogen and oxygen atoms in total. The zero-order valence-electron chi connectivity index (χ0n) is 10.5. The number of hydrogen-bond acceptors (Lipinski definition) is 5. The normalized spacial score (nSPS) is 9.94. The molecule has 0 aliphatic heterocycles. The summed E-state index contributed by atoms with van der Waals surface area (Å²) in [4.78, 5) is 0. The Morgan fingerprint density at radius 2 is 1.61 bits per heavy atom. The van der Waals surface area contributed by atoms with Crippen molar-refractivity contribution in [2.75, 3.05) is 21.3 Å². The third-order valence-electron chi connectivity index (χ3n) is 2.56. The van der Waals surface area contributed by atoms with Crippen LogP contribution in [-0.4, -0.2) is 31.5 Å². The predicted molar refractivity (Wildman–Crippen MR) is 67.1 cm³/mol. The molecule has 0 radical (unpaired) electrons. The van der Waals surface area contributed by atoms with Crippen molar-refractivity contribution in [3.05, 3.63) is 30.5 Å². The molecule has 94 valence electrons. The molecule has 2 aromatic rings. The van der Waals surface area contributed by atoms with E-state index in [2.05, 4.69) is 10.2 Å². The van der Waals surface area contributed by atoms with Crippen LogP contribution in [0.4, 0.5) is 0 Å². The molecule has 1 heterocycles. The number of rotatable bonds is 4. The predicted octanol–water partition coefficient (Wildman–Crippen LogP) is 2.17. The SMILES string of the molecule is COc1ccc(-c2nncc(OC)c2OC)cc1. The number of ether oxygens (including phenoxy) is 3. The fourth-order valence-electron chi connectivity index (χ4n) is 1.64. The molecule has 2 rings (SSSR count). The van der Waals surface area contributed by atoms with Gasteiger partial charge in [0.1, 0.15) is 11.4 Å². The number of aromatic nitrogens is 2. The molecule has 5 heteroatoms. The van der Waals surface area contributed by atoms with Gasteiger partial charge in [-0.1, -0.05) is 0 Å². The quantitative estimate of drug-likeness (QED) is 0.827. The molecule has 18 heavy (non-hydrogen) atoms. The van der Waals surface area contributed by atoms with Crippen LogP contribution < -0.4 is 14.2 Å². The maximum atomic E-state index is 5.32. The minimum Gasteiger partial charge on any atom is -0.497 e. The molecule has 0 aliphatic carbocycles. The van der Waals surface area contributed by atoms with Gasteiger partial charge in [0, 0.05) is 5.56 Å². The molecule has 0 N–H and O–H groups in total.